The van der Waals surface area contributed by atoms with Crippen molar-refractivity contribution in [2.24, 2.45) is 0 Å². The number of hydrogen-bond acceptors (Lipinski definition) is 3. The summed E-state index contributed by atoms with van der Waals surface area (Å²) < 4.78 is 0.612. The summed E-state index contributed by atoms with van der Waals surface area (Å²) in [4.78, 5) is 14.7. The zero-order valence-electron chi connectivity index (χ0n) is 7.12. The number of rotatable bonds is 3. The van der Waals surface area contributed by atoms with E-state index in [2.05, 4.69) is 32.2 Å². The van der Waals surface area contributed by atoms with Crippen LogP contribution in [0, 0.1) is 12.3 Å². The largest absolute Gasteiger partial charge is 0.478 e. The molecule has 0 unspecified atom stereocenters. The van der Waals surface area contributed by atoms with Gasteiger partial charge < -0.3 is 10.4 Å². The van der Waals surface area contributed by atoms with E-state index < -0.39 is 5.97 Å². The topological polar surface area (TPSA) is 62.2 Å². The van der Waals surface area contributed by atoms with Crippen molar-refractivity contribution < 1.29 is 9.90 Å². The summed E-state index contributed by atoms with van der Waals surface area (Å²) in [5.41, 5.74) is 0.0922. The number of nitrogens with one attached hydrogen (secondary N) is 1. The van der Waals surface area contributed by atoms with Gasteiger partial charge in [-0.25, -0.2) is 9.78 Å². The van der Waals surface area contributed by atoms with Gasteiger partial charge in [0.2, 0.25) is 0 Å². The highest BCUT2D eigenvalue weighted by atomic mass is 79.9. The van der Waals surface area contributed by atoms with Crippen molar-refractivity contribution in [3.8, 4) is 12.3 Å². The van der Waals surface area contributed by atoms with E-state index in [1.54, 1.807) is 0 Å². The molecule has 1 aromatic heterocycles. The van der Waals surface area contributed by atoms with Gasteiger partial charge >= 0.3 is 5.97 Å². The lowest BCUT2D eigenvalue weighted by Gasteiger charge is -2.05. The smallest absolute Gasteiger partial charge is 0.339 e. The van der Waals surface area contributed by atoms with Gasteiger partial charge in [0, 0.05) is 10.7 Å². The maximum absolute atomic E-state index is 10.8. The van der Waals surface area contributed by atoms with Gasteiger partial charge in [0.1, 0.15) is 11.4 Å². The Kier molecular flexibility index (Phi) is 3.48. The molecule has 2 N–H and O–H groups in total. The number of terminal acetylenes is 1. The minimum Gasteiger partial charge on any atom is -0.478 e. The summed E-state index contributed by atoms with van der Waals surface area (Å²) in [6, 6.07) is 1.47. The monoisotopic (exact) mass is 254 g/mol. The van der Waals surface area contributed by atoms with Gasteiger partial charge in [0.15, 0.2) is 0 Å². The predicted octanol–water partition coefficient (Wildman–Crippen LogP) is 1.59. The molecular weight excluding hydrogens is 248 g/mol. The van der Waals surface area contributed by atoms with Crippen LogP contribution in [0.25, 0.3) is 0 Å². The molecule has 0 saturated carbocycles. The number of nitrogens with zero attached hydrogens (tertiary/aromatic N) is 1. The van der Waals surface area contributed by atoms with E-state index in [9.17, 15) is 4.79 Å². The Morgan fingerprint density at radius 3 is 3.07 bits per heavy atom. The van der Waals surface area contributed by atoms with Crippen LogP contribution in [-0.2, 0) is 0 Å². The molecule has 14 heavy (non-hydrogen) atoms. The van der Waals surface area contributed by atoms with Crippen LogP contribution in [0.15, 0.2) is 16.7 Å². The van der Waals surface area contributed by atoms with Crippen LogP contribution < -0.4 is 5.32 Å². The number of carbonyl (C=O) groups is 1. The van der Waals surface area contributed by atoms with E-state index in [-0.39, 0.29) is 17.9 Å². The van der Waals surface area contributed by atoms with Crippen LogP contribution in [0.4, 0.5) is 5.82 Å². The van der Waals surface area contributed by atoms with Crippen LogP contribution in [-0.4, -0.2) is 22.6 Å². The molecule has 0 bridgehead atoms. The Balaban J connectivity index is 3.03. The van der Waals surface area contributed by atoms with Gasteiger partial charge in [0.05, 0.1) is 6.54 Å². The van der Waals surface area contributed by atoms with E-state index in [0.29, 0.717) is 4.47 Å². The molecule has 0 aliphatic carbocycles. The minimum atomic E-state index is -1.04. The van der Waals surface area contributed by atoms with Crippen molar-refractivity contribution in [1.82, 2.24) is 4.98 Å². The number of aromatic carboxylic acids is 1. The first-order chi connectivity index (χ1) is 6.65. The molecule has 0 saturated heterocycles. The van der Waals surface area contributed by atoms with Crippen LogP contribution >= 0.6 is 15.9 Å². The Morgan fingerprint density at radius 2 is 2.50 bits per heavy atom. The van der Waals surface area contributed by atoms with Crippen molar-refractivity contribution in [3.63, 3.8) is 0 Å². The maximum atomic E-state index is 10.8. The first-order valence-electron chi connectivity index (χ1n) is 3.71. The maximum Gasteiger partial charge on any atom is 0.339 e. The third kappa shape index (κ3) is 2.47. The van der Waals surface area contributed by atoms with E-state index in [1.807, 2.05) is 0 Å². The molecule has 0 aromatic carbocycles. The van der Waals surface area contributed by atoms with Crippen LogP contribution in [0.3, 0.4) is 0 Å². The number of anilines is 1. The third-order valence-electron chi connectivity index (χ3n) is 1.44. The molecule has 0 amide bonds. The molecule has 1 heterocycles. The number of carboxylic acids is 1. The molecule has 4 nitrogen and oxygen atoms in total. The van der Waals surface area contributed by atoms with E-state index >= 15 is 0 Å². The molecule has 0 aliphatic heterocycles. The van der Waals surface area contributed by atoms with Gasteiger partial charge in [-0.1, -0.05) is 5.92 Å². The van der Waals surface area contributed by atoms with Crippen molar-refractivity contribution in [2.45, 2.75) is 0 Å². The second-order valence-electron chi connectivity index (χ2n) is 2.41. The van der Waals surface area contributed by atoms with E-state index in [1.165, 1.54) is 12.3 Å². The quantitative estimate of drug-likeness (QED) is 0.805. The molecular formula is C9H7BrN2O2. The number of halogens is 1. The Hall–Kier alpha value is -1.54. The zero-order chi connectivity index (χ0) is 10.6. The summed E-state index contributed by atoms with van der Waals surface area (Å²) >= 11 is 3.14. The SMILES string of the molecule is C#CCNc1ncc(Br)cc1C(=O)O. The van der Waals surface area contributed by atoms with Crippen LogP contribution in [0.2, 0.25) is 0 Å². The molecule has 72 valence electrons. The van der Waals surface area contributed by atoms with Crippen molar-refractivity contribution in [2.75, 3.05) is 11.9 Å². The summed E-state index contributed by atoms with van der Waals surface area (Å²) in [7, 11) is 0. The van der Waals surface area contributed by atoms with Gasteiger partial charge in [-0.2, -0.15) is 0 Å². The van der Waals surface area contributed by atoms with Gasteiger partial charge in [-0.05, 0) is 22.0 Å². The fourth-order valence-electron chi connectivity index (χ4n) is 0.878. The molecule has 0 atom stereocenters. The molecule has 1 rings (SSSR count). The van der Waals surface area contributed by atoms with Crippen LogP contribution in [0.5, 0.6) is 0 Å². The Morgan fingerprint density at radius 1 is 1.79 bits per heavy atom. The van der Waals surface area contributed by atoms with E-state index in [0.717, 1.165) is 0 Å². The molecule has 0 spiro atoms. The Bertz CT molecular complexity index is 398. The van der Waals surface area contributed by atoms with Crippen molar-refractivity contribution in [1.29, 1.82) is 0 Å². The van der Waals surface area contributed by atoms with Crippen LogP contribution in [0.1, 0.15) is 10.4 Å². The molecule has 1 aromatic rings. The predicted molar refractivity (Wildman–Crippen MR) is 56.2 cm³/mol. The van der Waals surface area contributed by atoms with E-state index in [4.69, 9.17) is 11.5 Å². The van der Waals surface area contributed by atoms with Crippen molar-refractivity contribution >= 4 is 27.7 Å². The summed E-state index contributed by atoms with van der Waals surface area (Å²) in [5, 5.41) is 11.6. The minimum absolute atomic E-state index is 0.0922. The highest BCUT2D eigenvalue weighted by molar-refractivity contribution is 9.10. The standard InChI is InChI=1S/C9H7BrN2O2/c1-2-3-11-8-7(9(13)14)4-6(10)5-12-8/h1,4-5H,3H2,(H,11,12)(H,13,14). The number of aromatic nitrogens is 1. The lowest BCUT2D eigenvalue weighted by Crippen LogP contribution is -2.08. The normalized spacial score (nSPS) is 9.14. The summed E-state index contributed by atoms with van der Waals surface area (Å²) in [6.45, 7) is 0.245. The molecule has 0 aliphatic rings. The first-order valence-corrected chi connectivity index (χ1v) is 4.50. The second kappa shape index (κ2) is 4.63. The summed E-state index contributed by atoms with van der Waals surface area (Å²) in [5.74, 6) is 1.57. The number of carboxylic acid groups (broad SMARTS) is 1. The van der Waals surface area contributed by atoms with Gasteiger partial charge in [-0.15, -0.1) is 6.42 Å². The van der Waals surface area contributed by atoms with Crippen molar-refractivity contribution in [3.05, 3.63) is 22.3 Å². The third-order valence-corrected chi connectivity index (χ3v) is 1.88. The molecule has 5 heteroatoms. The first kappa shape index (κ1) is 10.5. The highest BCUT2D eigenvalue weighted by Crippen LogP contribution is 2.17. The van der Waals surface area contributed by atoms with Gasteiger partial charge in [0.25, 0.3) is 0 Å². The number of pyridine rings is 1. The zero-order valence-corrected chi connectivity index (χ0v) is 8.71. The lowest BCUT2D eigenvalue weighted by molar-refractivity contribution is 0.0697. The fraction of sp³-hybridized carbons (Fsp3) is 0.111. The second-order valence-corrected chi connectivity index (χ2v) is 3.33. The average molecular weight is 255 g/mol. The fourth-order valence-corrected chi connectivity index (χ4v) is 1.21. The summed E-state index contributed by atoms with van der Waals surface area (Å²) in [6.07, 6.45) is 6.54. The number of hydrogen-bond donors (Lipinski definition) is 2. The van der Waals surface area contributed by atoms with Gasteiger partial charge in [-0.3, -0.25) is 0 Å². The Labute approximate surface area is 89.5 Å². The lowest BCUT2D eigenvalue weighted by atomic mass is 10.2. The highest BCUT2D eigenvalue weighted by Gasteiger charge is 2.10. The average Bonchev–Trinajstić information content (AvgIpc) is 2.15. The molecule has 0 fully saturated rings. The molecule has 0 radical (unpaired) electrons.